The van der Waals surface area contributed by atoms with Crippen LogP contribution in [0, 0.1) is 13.8 Å². The Labute approximate surface area is 166 Å². The van der Waals surface area contributed by atoms with Gasteiger partial charge in [-0.15, -0.1) is 0 Å². The van der Waals surface area contributed by atoms with Crippen molar-refractivity contribution in [2.24, 2.45) is 0 Å². The number of carbonyl (C=O) groups excluding carboxylic acids is 1. The van der Waals surface area contributed by atoms with E-state index in [1.165, 1.54) is 27.7 Å². The van der Waals surface area contributed by atoms with E-state index in [0.29, 0.717) is 13.0 Å². The van der Waals surface area contributed by atoms with Crippen LogP contribution in [0.4, 0.5) is 0 Å². The topological polar surface area (TPSA) is 54.1 Å². The predicted octanol–water partition coefficient (Wildman–Crippen LogP) is 4.62. The van der Waals surface area contributed by atoms with Crippen molar-refractivity contribution in [2.45, 2.75) is 52.0 Å². The Morgan fingerprint density at radius 1 is 1.21 bits per heavy atom. The third-order valence-electron chi connectivity index (χ3n) is 5.61. The van der Waals surface area contributed by atoms with E-state index >= 15 is 0 Å². The monoisotopic (exact) mass is 376 g/mol. The first-order valence-corrected chi connectivity index (χ1v) is 10.2. The van der Waals surface area contributed by atoms with Crippen molar-refractivity contribution in [3.05, 3.63) is 64.8 Å². The highest BCUT2D eigenvalue weighted by Crippen LogP contribution is 2.30. The second-order valence-corrected chi connectivity index (χ2v) is 7.86. The number of rotatable bonds is 6. The number of nitrogens with one attached hydrogen (secondary N) is 2. The lowest BCUT2D eigenvalue weighted by molar-refractivity contribution is -0.122. The zero-order valence-corrected chi connectivity index (χ0v) is 16.7. The van der Waals surface area contributed by atoms with Gasteiger partial charge in [-0.1, -0.05) is 29.8 Å². The molecule has 4 rings (SSSR count). The van der Waals surface area contributed by atoms with Crippen molar-refractivity contribution in [3.63, 3.8) is 0 Å². The number of fused-ring (bicyclic) bond motifs is 3. The van der Waals surface area contributed by atoms with Crippen LogP contribution in [0.1, 0.15) is 41.6 Å². The van der Waals surface area contributed by atoms with Crippen molar-refractivity contribution in [2.75, 3.05) is 6.61 Å². The van der Waals surface area contributed by atoms with Gasteiger partial charge in [-0.05, 0) is 62.4 Å². The Kier molecular flexibility index (Phi) is 5.38. The van der Waals surface area contributed by atoms with Gasteiger partial charge in [0.15, 0.2) is 0 Å². The molecule has 0 spiro atoms. The van der Waals surface area contributed by atoms with E-state index < -0.39 is 0 Å². The molecule has 1 atom stereocenters. The van der Waals surface area contributed by atoms with Gasteiger partial charge in [-0.2, -0.15) is 0 Å². The van der Waals surface area contributed by atoms with Crippen LogP contribution in [0.15, 0.2) is 42.5 Å². The smallest absolute Gasteiger partial charge is 0.220 e. The molecule has 1 heterocycles. The van der Waals surface area contributed by atoms with E-state index in [4.69, 9.17) is 4.74 Å². The predicted molar refractivity (Wildman–Crippen MR) is 113 cm³/mol. The third kappa shape index (κ3) is 4.06. The van der Waals surface area contributed by atoms with Crippen molar-refractivity contribution in [1.82, 2.24) is 10.3 Å². The number of hydrogen-bond donors (Lipinski definition) is 2. The number of amides is 1. The van der Waals surface area contributed by atoms with Crippen LogP contribution in [0.25, 0.3) is 10.9 Å². The Bertz CT molecular complexity index is 989. The second-order valence-electron chi connectivity index (χ2n) is 7.86. The summed E-state index contributed by atoms with van der Waals surface area (Å²) in [5.41, 5.74) is 6.32. The molecule has 1 aliphatic rings. The highest BCUT2D eigenvalue weighted by Gasteiger charge is 2.23. The lowest BCUT2D eigenvalue weighted by atomic mass is 9.91. The molecule has 0 saturated heterocycles. The summed E-state index contributed by atoms with van der Waals surface area (Å²) in [5, 5.41) is 4.55. The number of aromatic nitrogens is 1. The minimum Gasteiger partial charge on any atom is -0.493 e. The molecular formula is C24H28N2O2. The molecule has 0 fully saturated rings. The largest absolute Gasteiger partial charge is 0.493 e. The molecule has 146 valence electrons. The first-order valence-electron chi connectivity index (χ1n) is 10.2. The Morgan fingerprint density at radius 3 is 2.93 bits per heavy atom. The summed E-state index contributed by atoms with van der Waals surface area (Å²) in [5.74, 6) is 1.02. The van der Waals surface area contributed by atoms with Gasteiger partial charge in [-0.3, -0.25) is 4.79 Å². The van der Waals surface area contributed by atoms with E-state index in [9.17, 15) is 4.79 Å². The number of H-pyrrole nitrogens is 1. The van der Waals surface area contributed by atoms with Gasteiger partial charge in [-0.25, -0.2) is 0 Å². The fourth-order valence-corrected chi connectivity index (χ4v) is 4.10. The molecule has 28 heavy (non-hydrogen) atoms. The van der Waals surface area contributed by atoms with Crippen molar-refractivity contribution in [3.8, 4) is 5.75 Å². The van der Waals surface area contributed by atoms with Gasteiger partial charge in [0.2, 0.25) is 5.91 Å². The number of benzene rings is 2. The first kappa shape index (κ1) is 18.6. The Morgan fingerprint density at radius 2 is 2.07 bits per heavy atom. The molecule has 0 bridgehead atoms. The molecule has 3 aromatic rings. The fourth-order valence-electron chi connectivity index (χ4n) is 4.10. The summed E-state index contributed by atoms with van der Waals surface area (Å²) in [6.07, 6.45) is 4.12. The van der Waals surface area contributed by atoms with Crippen molar-refractivity contribution >= 4 is 16.8 Å². The summed E-state index contributed by atoms with van der Waals surface area (Å²) in [7, 11) is 0. The van der Waals surface area contributed by atoms with Crippen LogP contribution in [0.3, 0.4) is 0 Å². The lowest BCUT2D eigenvalue weighted by Gasteiger charge is -2.23. The summed E-state index contributed by atoms with van der Waals surface area (Å²) in [6, 6.07) is 14.7. The van der Waals surface area contributed by atoms with Gasteiger partial charge >= 0.3 is 0 Å². The first-order chi connectivity index (χ1) is 13.6. The average molecular weight is 377 g/mol. The maximum absolute atomic E-state index is 12.3. The summed E-state index contributed by atoms with van der Waals surface area (Å²) in [4.78, 5) is 15.9. The lowest BCUT2D eigenvalue weighted by Crippen LogP contribution is -2.38. The molecule has 1 amide bonds. The molecule has 1 aromatic heterocycles. The number of para-hydroxylation sites is 1. The van der Waals surface area contributed by atoms with E-state index in [0.717, 1.165) is 37.0 Å². The van der Waals surface area contributed by atoms with Crippen molar-refractivity contribution < 1.29 is 9.53 Å². The molecule has 0 saturated carbocycles. The Balaban J connectivity index is 1.27. The number of carbonyl (C=O) groups is 1. The molecule has 4 nitrogen and oxygen atoms in total. The molecule has 2 N–H and O–H groups in total. The average Bonchev–Trinajstić information content (AvgIpc) is 3.03. The highest BCUT2D eigenvalue weighted by molar-refractivity contribution is 5.85. The number of hydrogen-bond acceptors (Lipinski definition) is 2. The fraction of sp³-hybridized carbons (Fsp3) is 0.375. The van der Waals surface area contributed by atoms with Crippen LogP contribution in [0.2, 0.25) is 0 Å². The van der Waals surface area contributed by atoms with Crippen molar-refractivity contribution in [1.29, 1.82) is 0 Å². The molecule has 1 unspecified atom stereocenters. The Hall–Kier alpha value is -2.75. The zero-order chi connectivity index (χ0) is 19.5. The number of aryl methyl sites for hydroxylation is 3. The van der Waals surface area contributed by atoms with E-state index in [-0.39, 0.29) is 11.9 Å². The van der Waals surface area contributed by atoms with Crippen LogP contribution < -0.4 is 10.1 Å². The second kappa shape index (κ2) is 8.09. The van der Waals surface area contributed by atoms with E-state index in [2.05, 4.69) is 35.4 Å². The van der Waals surface area contributed by atoms with E-state index in [1.807, 2.05) is 31.2 Å². The van der Waals surface area contributed by atoms with Gasteiger partial charge < -0.3 is 15.0 Å². The van der Waals surface area contributed by atoms with Gasteiger partial charge in [0, 0.05) is 35.5 Å². The maximum atomic E-state index is 12.3. The van der Waals surface area contributed by atoms with Crippen LogP contribution in [-0.2, 0) is 17.6 Å². The molecule has 4 heteroatoms. The molecule has 0 aliphatic heterocycles. The van der Waals surface area contributed by atoms with E-state index in [1.54, 1.807) is 0 Å². The standard InChI is InChI=1S/C24H28N2O2/c1-16-9-12-21-20(14-16)19-11-10-18(15-22(19)26-21)25-24(27)8-5-13-28-23-7-4-3-6-17(23)2/h3-4,6-7,9,12,14,18,26H,5,8,10-11,13,15H2,1-2H3,(H,25,27). The summed E-state index contributed by atoms with van der Waals surface area (Å²) >= 11 is 0. The molecule has 1 aliphatic carbocycles. The minimum absolute atomic E-state index is 0.119. The normalized spacial score (nSPS) is 16.0. The van der Waals surface area contributed by atoms with Crippen LogP contribution in [-0.4, -0.2) is 23.5 Å². The number of ether oxygens (including phenoxy) is 1. The molecule has 0 radical (unpaired) electrons. The summed E-state index contributed by atoms with van der Waals surface area (Å²) in [6.45, 7) is 4.73. The molecule has 2 aromatic carbocycles. The minimum atomic E-state index is 0.119. The van der Waals surface area contributed by atoms with Crippen LogP contribution in [0.5, 0.6) is 5.75 Å². The number of aromatic amines is 1. The maximum Gasteiger partial charge on any atom is 0.220 e. The van der Waals surface area contributed by atoms with Gasteiger partial charge in [0.1, 0.15) is 5.75 Å². The highest BCUT2D eigenvalue weighted by atomic mass is 16.5. The summed E-state index contributed by atoms with van der Waals surface area (Å²) < 4.78 is 5.78. The van der Waals surface area contributed by atoms with Crippen LogP contribution >= 0.6 is 0 Å². The van der Waals surface area contributed by atoms with Gasteiger partial charge in [0.25, 0.3) is 0 Å². The van der Waals surface area contributed by atoms with Gasteiger partial charge in [0.05, 0.1) is 6.61 Å². The third-order valence-corrected chi connectivity index (χ3v) is 5.61. The quantitative estimate of drug-likeness (QED) is 0.617. The SMILES string of the molecule is Cc1ccc2[nH]c3c(c2c1)CCC(NC(=O)CCCOc1ccccc1C)C3. The zero-order valence-electron chi connectivity index (χ0n) is 16.7. The molecular weight excluding hydrogens is 348 g/mol.